The van der Waals surface area contributed by atoms with Gasteiger partial charge in [-0.25, -0.2) is 4.79 Å². The Bertz CT molecular complexity index is 501. The smallest absolute Gasteiger partial charge is 0.339 e. The van der Waals surface area contributed by atoms with Gasteiger partial charge in [-0.05, 0) is 18.6 Å². The lowest BCUT2D eigenvalue weighted by Crippen LogP contribution is -2.61. The van der Waals surface area contributed by atoms with Gasteiger partial charge in [0.1, 0.15) is 17.9 Å². The Labute approximate surface area is 125 Å². The molecule has 1 aromatic carbocycles. The molecular formula is C16H23NO4. The first-order valence-corrected chi connectivity index (χ1v) is 7.18. The molecule has 0 amide bonds. The fourth-order valence-corrected chi connectivity index (χ4v) is 2.80. The Morgan fingerprint density at radius 3 is 2.76 bits per heavy atom. The third-order valence-electron chi connectivity index (χ3n) is 4.33. The van der Waals surface area contributed by atoms with Crippen LogP contribution in [0.2, 0.25) is 0 Å². The van der Waals surface area contributed by atoms with Crippen LogP contribution in [0.1, 0.15) is 30.6 Å². The summed E-state index contributed by atoms with van der Waals surface area (Å²) < 4.78 is 11.0. The van der Waals surface area contributed by atoms with Crippen LogP contribution >= 0.6 is 0 Å². The standard InChI is InChI=1S/C16H23NO4/c1-16(2)13(10-14(16)20-3)17-8-9-21-12-7-5-4-6-11(12)15(18)19/h4-7,13-14,17H,8-10H2,1-3H3,(H,18,19). The maximum absolute atomic E-state index is 11.1. The van der Waals surface area contributed by atoms with Crippen LogP contribution in [0.5, 0.6) is 5.75 Å². The second-order valence-corrected chi connectivity index (χ2v) is 5.94. The first kappa shape index (κ1) is 15.8. The summed E-state index contributed by atoms with van der Waals surface area (Å²) in [7, 11) is 1.74. The van der Waals surface area contributed by atoms with Gasteiger partial charge in [0, 0.05) is 25.1 Å². The molecule has 1 saturated carbocycles. The van der Waals surface area contributed by atoms with Crippen LogP contribution in [0.15, 0.2) is 24.3 Å². The van der Waals surface area contributed by atoms with E-state index in [4.69, 9.17) is 14.6 Å². The summed E-state index contributed by atoms with van der Waals surface area (Å²) in [5.74, 6) is -0.559. The van der Waals surface area contributed by atoms with Crippen molar-refractivity contribution in [2.24, 2.45) is 5.41 Å². The number of para-hydroxylation sites is 1. The lowest BCUT2D eigenvalue weighted by atomic mass is 9.64. The van der Waals surface area contributed by atoms with Gasteiger partial charge in [0.05, 0.1) is 6.10 Å². The number of hydrogen-bond donors (Lipinski definition) is 2. The number of methoxy groups -OCH3 is 1. The van der Waals surface area contributed by atoms with Gasteiger partial charge in [0.15, 0.2) is 0 Å². The Hall–Kier alpha value is -1.59. The molecule has 2 atom stereocenters. The van der Waals surface area contributed by atoms with Crippen LogP contribution in [0.4, 0.5) is 0 Å². The first-order chi connectivity index (χ1) is 9.96. The van der Waals surface area contributed by atoms with Crippen molar-refractivity contribution in [3.63, 3.8) is 0 Å². The van der Waals surface area contributed by atoms with Crippen LogP contribution in [-0.4, -0.2) is 43.5 Å². The van der Waals surface area contributed by atoms with Gasteiger partial charge < -0.3 is 19.9 Å². The van der Waals surface area contributed by atoms with Gasteiger partial charge in [-0.15, -0.1) is 0 Å². The molecule has 0 saturated heterocycles. The van der Waals surface area contributed by atoms with E-state index in [9.17, 15) is 4.79 Å². The summed E-state index contributed by atoms with van der Waals surface area (Å²) in [6.07, 6.45) is 1.29. The van der Waals surface area contributed by atoms with E-state index in [-0.39, 0.29) is 11.0 Å². The molecule has 0 spiro atoms. The van der Waals surface area contributed by atoms with Crippen molar-refractivity contribution in [2.45, 2.75) is 32.4 Å². The molecule has 21 heavy (non-hydrogen) atoms. The summed E-state index contributed by atoms with van der Waals surface area (Å²) in [6, 6.07) is 7.09. The van der Waals surface area contributed by atoms with Crippen molar-refractivity contribution in [3.05, 3.63) is 29.8 Å². The maximum atomic E-state index is 11.1. The minimum atomic E-state index is -0.971. The molecule has 0 radical (unpaired) electrons. The highest BCUT2D eigenvalue weighted by Crippen LogP contribution is 2.42. The van der Waals surface area contributed by atoms with Gasteiger partial charge in [-0.1, -0.05) is 26.0 Å². The molecule has 116 valence electrons. The molecule has 2 unspecified atom stereocenters. The molecule has 2 rings (SSSR count). The molecule has 1 aliphatic rings. The monoisotopic (exact) mass is 293 g/mol. The highest BCUT2D eigenvalue weighted by Gasteiger charge is 2.48. The number of carboxylic acid groups (broad SMARTS) is 1. The summed E-state index contributed by atoms with van der Waals surface area (Å²) >= 11 is 0. The number of hydrogen-bond acceptors (Lipinski definition) is 4. The van der Waals surface area contributed by atoms with Crippen molar-refractivity contribution in [1.82, 2.24) is 5.32 Å². The zero-order chi connectivity index (χ0) is 15.5. The van der Waals surface area contributed by atoms with E-state index >= 15 is 0 Å². The predicted molar refractivity (Wildman–Crippen MR) is 79.9 cm³/mol. The van der Waals surface area contributed by atoms with Crippen LogP contribution in [0.3, 0.4) is 0 Å². The zero-order valence-corrected chi connectivity index (χ0v) is 12.8. The molecule has 0 heterocycles. The van der Waals surface area contributed by atoms with Gasteiger partial charge in [0.2, 0.25) is 0 Å². The second-order valence-electron chi connectivity index (χ2n) is 5.94. The zero-order valence-electron chi connectivity index (χ0n) is 12.8. The second kappa shape index (κ2) is 6.45. The van der Waals surface area contributed by atoms with Crippen molar-refractivity contribution < 1.29 is 19.4 Å². The number of benzene rings is 1. The van der Waals surface area contributed by atoms with E-state index in [1.54, 1.807) is 31.4 Å². The summed E-state index contributed by atoms with van der Waals surface area (Å²) in [5.41, 5.74) is 0.314. The fraction of sp³-hybridized carbons (Fsp3) is 0.562. The highest BCUT2D eigenvalue weighted by molar-refractivity contribution is 5.90. The molecule has 0 bridgehead atoms. The molecule has 2 N–H and O–H groups in total. The van der Waals surface area contributed by atoms with Crippen molar-refractivity contribution in [2.75, 3.05) is 20.3 Å². The Balaban J connectivity index is 1.78. The van der Waals surface area contributed by atoms with Crippen molar-refractivity contribution in [3.8, 4) is 5.75 Å². The minimum absolute atomic E-state index is 0.119. The van der Waals surface area contributed by atoms with Gasteiger partial charge in [-0.2, -0.15) is 0 Å². The van der Waals surface area contributed by atoms with Crippen molar-refractivity contribution >= 4 is 5.97 Å². The van der Waals surface area contributed by atoms with E-state index in [1.165, 1.54) is 0 Å². The molecule has 1 fully saturated rings. The predicted octanol–water partition coefficient (Wildman–Crippen LogP) is 2.17. The van der Waals surface area contributed by atoms with E-state index in [0.717, 1.165) is 6.42 Å². The fourth-order valence-electron chi connectivity index (χ4n) is 2.80. The van der Waals surface area contributed by atoms with Crippen molar-refractivity contribution in [1.29, 1.82) is 0 Å². The number of ether oxygens (including phenoxy) is 2. The number of aromatic carboxylic acids is 1. The molecule has 5 heteroatoms. The Morgan fingerprint density at radius 1 is 1.43 bits per heavy atom. The van der Waals surface area contributed by atoms with E-state index in [1.807, 2.05) is 0 Å². The average Bonchev–Trinajstić information content (AvgIpc) is 2.45. The van der Waals surface area contributed by atoms with E-state index < -0.39 is 5.97 Å². The van der Waals surface area contributed by atoms with Gasteiger partial charge in [-0.3, -0.25) is 0 Å². The molecular weight excluding hydrogens is 270 g/mol. The molecule has 1 aromatic rings. The van der Waals surface area contributed by atoms with Crippen LogP contribution in [0, 0.1) is 5.41 Å². The number of carbonyl (C=O) groups is 1. The van der Waals surface area contributed by atoms with Gasteiger partial charge >= 0.3 is 5.97 Å². The minimum Gasteiger partial charge on any atom is -0.491 e. The molecule has 0 aromatic heterocycles. The lowest BCUT2D eigenvalue weighted by Gasteiger charge is -2.51. The third-order valence-corrected chi connectivity index (χ3v) is 4.33. The lowest BCUT2D eigenvalue weighted by molar-refractivity contribution is -0.0976. The summed E-state index contributed by atoms with van der Waals surface area (Å²) in [4.78, 5) is 11.1. The molecule has 1 aliphatic carbocycles. The first-order valence-electron chi connectivity index (χ1n) is 7.18. The largest absolute Gasteiger partial charge is 0.491 e. The highest BCUT2D eigenvalue weighted by atomic mass is 16.5. The van der Waals surface area contributed by atoms with Crippen LogP contribution in [0.25, 0.3) is 0 Å². The maximum Gasteiger partial charge on any atom is 0.339 e. The topological polar surface area (TPSA) is 67.8 Å². The average molecular weight is 293 g/mol. The third kappa shape index (κ3) is 3.36. The van der Waals surface area contributed by atoms with Gasteiger partial charge in [0.25, 0.3) is 0 Å². The number of carboxylic acids is 1. The summed E-state index contributed by atoms with van der Waals surface area (Å²) in [6.45, 7) is 5.48. The molecule has 0 aliphatic heterocycles. The quantitative estimate of drug-likeness (QED) is 0.754. The SMILES string of the molecule is COC1CC(NCCOc2ccccc2C(=O)O)C1(C)C. The van der Waals surface area contributed by atoms with Crippen LogP contribution < -0.4 is 10.1 Å². The molecule has 5 nitrogen and oxygen atoms in total. The Kier molecular flexibility index (Phi) is 4.85. The van der Waals surface area contributed by atoms with Crippen LogP contribution in [-0.2, 0) is 4.74 Å². The Morgan fingerprint density at radius 2 is 2.14 bits per heavy atom. The summed E-state index contributed by atoms with van der Waals surface area (Å²) in [5, 5.41) is 12.5. The van der Waals surface area contributed by atoms with E-state index in [0.29, 0.717) is 31.0 Å². The number of rotatable bonds is 7. The number of nitrogens with one attached hydrogen (secondary N) is 1. The normalized spacial score (nSPS) is 23.4. The van der Waals surface area contributed by atoms with E-state index in [2.05, 4.69) is 19.2 Å².